The van der Waals surface area contributed by atoms with Gasteiger partial charge in [0.15, 0.2) is 0 Å². The van der Waals surface area contributed by atoms with Gasteiger partial charge < -0.3 is 9.64 Å². The van der Waals surface area contributed by atoms with Gasteiger partial charge in [-0.05, 0) is 43.5 Å². The summed E-state index contributed by atoms with van der Waals surface area (Å²) in [6, 6.07) is 5.06. The van der Waals surface area contributed by atoms with Crippen molar-refractivity contribution in [2.75, 3.05) is 7.11 Å². The van der Waals surface area contributed by atoms with Crippen LogP contribution in [0, 0.1) is 0 Å². The van der Waals surface area contributed by atoms with E-state index in [-0.39, 0.29) is 18.2 Å². The van der Waals surface area contributed by atoms with Crippen LogP contribution in [0.2, 0.25) is 0 Å². The Bertz CT molecular complexity index is 838. The van der Waals surface area contributed by atoms with Crippen molar-refractivity contribution < 1.29 is 19.1 Å². The summed E-state index contributed by atoms with van der Waals surface area (Å²) in [6.45, 7) is 4.19. The maximum atomic E-state index is 12.7. The number of methoxy groups -OCH3 is 1. The number of rotatable bonds is 4. The van der Waals surface area contributed by atoms with Gasteiger partial charge in [-0.25, -0.2) is 0 Å². The first-order chi connectivity index (χ1) is 12.5. The average molecular weight is 354 g/mol. The van der Waals surface area contributed by atoms with Crippen molar-refractivity contribution in [3.63, 3.8) is 0 Å². The molecule has 3 rings (SSSR count). The number of hydrogen-bond acceptors (Lipinski definition) is 4. The van der Waals surface area contributed by atoms with Crippen molar-refractivity contribution in [3.8, 4) is 0 Å². The zero-order valence-electron chi connectivity index (χ0n) is 15.2. The third kappa shape index (κ3) is 3.14. The summed E-state index contributed by atoms with van der Waals surface area (Å²) in [5.74, 6) is -0.0586. The lowest BCUT2D eigenvalue weighted by atomic mass is 9.99. The van der Waals surface area contributed by atoms with Crippen molar-refractivity contribution in [2.24, 2.45) is 0 Å². The van der Waals surface area contributed by atoms with Crippen molar-refractivity contribution in [3.05, 3.63) is 52.8 Å². The lowest BCUT2D eigenvalue weighted by Crippen LogP contribution is -2.52. The highest BCUT2D eigenvalue weighted by Crippen LogP contribution is 2.31. The summed E-state index contributed by atoms with van der Waals surface area (Å²) in [7, 11) is 1.63. The van der Waals surface area contributed by atoms with Crippen LogP contribution in [-0.4, -0.2) is 35.8 Å². The Balaban J connectivity index is 1.91. The predicted molar refractivity (Wildman–Crippen MR) is 96.9 cm³/mol. The predicted octanol–water partition coefficient (Wildman–Crippen LogP) is 2.40. The van der Waals surface area contributed by atoms with E-state index in [2.05, 4.69) is 5.32 Å². The lowest BCUT2D eigenvalue weighted by Gasteiger charge is -2.29. The molecular weight excluding hydrogens is 332 g/mol. The number of nitrogens with zero attached hydrogens (tertiary/aromatic N) is 1. The highest BCUT2D eigenvalue weighted by Gasteiger charge is 2.39. The standard InChI is InChI=1S/C20H22N2O4/c1-4-5-15(12(2)26-3)13-6-7-16-14(10-13)11-22(20(16)25)17-8-9-18(23)21-19(17)24/h4-7,10,17H,8-9,11H2,1-3H3,(H,21,23,24)/b5-4-,15-12-. The minimum absolute atomic E-state index is 0.166. The van der Waals surface area contributed by atoms with Crippen LogP contribution in [0.1, 0.15) is 48.2 Å². The fourth-order valence-electron chi connectivity index (χ4n) is 3.44. The molecule has 1 atom stereocenters. The van der Waals surface area contributed by atoms with E-state index in [1.165, 1.54) is 0 Å². The summed E-state index contributed by atoms with van der Waals surface area (Å²) in [5.41, 5.74) is 3.39. The normalized spacial score (nSPS) is 21.0. The molecule has 0 aliphatic carbocycles. The van der Waals surface area contributed by atoms with Crippen LogP contribution in [-0.2, 0) is 20.9 Å². The molecule has 6 heteroatoms. The largest absolute Gasteiger partial charge is 0.501 e. The highest BCUT2D eigenvalue weighted by molar-refractivity contribution is 6.05. The van der Waals surface area contributed by atoms with Gasteiger partial charge in [-0.2, -0.15) is 0 Å². The molecule has 0 bridgehead atoms. The Morgan fingerprint density at radius 1 is 1.31 bits per heavy atom. The topological polar surface area (TPSA) is 75.7 Å². The minimum Gasteiger partial charge on any atom is -0.501 e. The van der Waals surface area contributed by atoms with Gasteiger partial charge in [0.2, 0.25) is 11.8 Å². The van der Waals surface area contributed by atoms with E-state index in [0.717, 1.165) is 22.5 Å². The number of hydrogen-bond donors (Lipinski definition) is 1. The maximum absolute atomic E-state index is 12.7. The van der Waals surface area contributed by atoms with Gasteiger partial charge in [0, 0.05) is 24.1 Å². The van der Waals surface area contributed by atoms with Crippen LogP contribution in [0.3, 0.4) is 0 Å². The molecule has 0 spiro atoms. The molecule has 1 aromatic rings. The van der Waals surface area contributed by atoms with Crippen LogP contribution in [0.5, 0.6) is 0 Å². The number of benzene rings is 1. The SMILES string of the molecule is C/C=C\C(=C(/C)OC)c1ccc2c(c1)CN(C1CCC(=O)NC1=O)C2=O. The second kappa shape index (κ2) is 7.15. The fourth-order valence-corrected chi connectivity index (χ4v) is 3.44. The monoisotopic (exact) mass is 354 g/mol. The Labute approximate surface area is 152 Å². The van der Waals surface area contributed by atoms with Gasteiger partial charge in [0.1, 0.15) is 11.8 Å². The number of nitrogens with one attached hydrogen (secondary N) is 1. The van der Waals surface area contributed by atoms with E-state index >= 15 is 0 Å². The van der Waals surface area contributed by atoms with Crippen molar-refractivity contribution >= 4 is 23.3 Å². The lowest BCUT2D eigenvalue weighted by molar-refractivity contribution is -0.136. The van der Waals surface area contributed by atoms with Crippen LogP contribution in [0.25, 0.3) is 5.57 Å². The molecule has 6 nitrogen and oxygen atoms in total. The third-order valence-electron chi connectivity index (χ3n) is 4.85. The zero-order chi connectivity index (χ0) is 18.8. The summed E-state index contributed by atoms with van der Waals surface area (Å²) >= 11 is 0. The van der Waals surface area contributed by atoms with Gasteiger partial charge in [-0.1, -0.05) is 18.2 Å². The van der Waals surface area contributed by atoms with Crippen molar-refractivity contribution in [1.82, 2.24) is 10.2 Å². The Morgan fingerprint density at radius 3 is 2.73 bits per heavy atom. The number of piperidine rings is 1. The minimum atomic E-state index is -0.595. The molecule has 136 valence electrons. The van der Waals surface area contributed by atoms with Gasteiger partial charge in [-0.15, -0.1) is 0 Å². The molecular formula is C20H22N2O4. The van der Waals surface area contributed by atoms with Crippen molar-refractivity contribution in [1.29, 1.82) is 0 Å². The summed E-state index contributed by atoms with van der Waals surface area (Å²) < 4.78 is 5.37. The molecule has 1 aromatic carbocycles. The van der Waals surface area contributed by atoms with E-state index in [1.807, 2.05) is 38.1 Å². The van der Waals surface area contributed by atoms with Gasteiger partial charge >= 0.3 is 0 Å². The number of ether oxygens (including phenoxy) is 1. The third-order valence-corrected chi connectivity index (χ3v) is 4.85. The number of allylic oxidation sites excluding steroid dienone is 4. The molecule has 1 N–H and O–H groups in total. The molecule has 3 amide bonds. The Morgan fingerprint density at radius 2 is 2.08 bits per heavy atom. The average Bonchev–Trinajstić information content (AvgIpc) is 2.95. The number of carbonyl (C=O) groups is 3. The van der Waals surface area contributed by atoms with Crippen LogP contribution in [0.15, 0.2) is 36.1 Å². The molecule has 26 heavy (non-hydrogen) atoms. The summed E-state index contributed by atoms with van der Waals surface area (Å²) in [4.78, 5) is 37.8. The first-order valence-electron chi connectivity index (χ1n) is 8.61. The zero-order valence-corrected chi connectivity index (χ0v) is 15.2. The quantitative estimate of drug-likeness (QED) is 0.512. The number of carbonyl (C=O) groups excluding carboxylic acids is 3. The Kier molecular flexibility index (Phi) is 4.93. The molecule has 2 aliphatic rings. The first-order valence-corrected chi connectivity index (χ1v) is 8.61. The van der Waals surface area contributed by atoms with E-state index in [0.29, 0.717) is 18.5 Å². The van der Waals surface area contributed by atoms with Crippen LogP contribution < -0.4 is 5.32 Å². The molecule has 1 unspecified atom stereocenters. The maximum Gasteiger partial charge on any atom is 0.255 e. The first kappa shape index (κ1) is 17.9. The van der Waals surface area contributed by atoms with Gasteiger partial charge in [0.05, 0.1) is 7.11 Å². The smallest absolute Gasteiger partial charge is 0.255 e. The molecule has 0 aromatic heterocycles. The number of imide groups is 1. The summed E-state index contributed by atoms with van der Waals surface area (Å²) in [6.07, 6.45) is 4.52. The van der Waals surface area contributed by atoms with E-state index in [4.69, 9.17) is 4.74 Å². The molecule has 1 saturated heterocycles. The molecule has 1 fully saturated rings. The molecule has 0 radical (unpaired) electrons. The second-order valence-electron chi connectivity index (χ2n) is 6.45. The fraction of sp³-hybridized carbons (Fsp3) is 0.350. The Hall–Kier alpha value is -2.89. The molecule has 2 heterocycles. The number of fused-ring (bicyclic) bond motifs is 1. The van der Waals surface area contributed by atoms with Gasteiger partial charge in [0.25, 0.3) is 5.91 Å². The number of amides is 3. The molecule has 0 saturated carbocycles. The van der Waals surface area contributed by atoms with E-state index in [1.54, 1.807) is 18.1 Å². The van der Waals surface area contributed by atoms with Gasteiger partial charge in [-0.3, -0.25) is 19.7 Å². The van der Waals surface area contributed by atoms with Crippen LogP contribution in [0.4, 0.5) is 0 Å². The second-order valence-corrected chi connectivity index (χ2v) is 6.45. The van der Waals surface area contributed by atoms with E-state index < -0.39 is 11.9 Å². The van der Waals surface area contributed by atoms with E-state index in [9.17, 15) is 14.4 Å². The van der Waals surface area contributed by atoms with Crippen LogP contribution >= 0.6 is 0 Å². The van der Waals surface area contributed by atoms with Crippen molar-refractivity contribution in [2.45, 2.75) is 39.3 Å². The summed E-state index contributed by atoms with van der Waals surface area (Å²) in [5, 5.41) is 2.32. The highest BCUT2D eigenvalue weighted by atomic mass is 16.5. The molecule has 2 aliphatic heterocycles.